The van der Waals surface area contributed by atoms with Crippen molar-refractivity contribution in [3.8, 4) is 5.75 Å². The molecule has 0 fully saturated rings. The van der Waals surface area contributed by atoms with Crippen LogP contribution in [0.3, 0.4) is 0 Å². The van der Waals surface area contributed by atoms with Gasteiger partial charge in [0.05, 0.1) is 6.04 Å². The molecule has 0 aliphatic heterocycles. The van der Waals surface area contributed by atoms with Gasteiger partial charge in [-0.05, 0) is 18.6 Å². The maximum absolute atomic E-state index is 5.67. The lowest BCUT2D eigenvalue weighted by atomic mass is 10.1. The minimum atomic E-state index is 0.243. The lowest BCUT2D eigenvalue weighted by Gasteiger charge is -2.16. The SMILES string of the molecule is CCCCCCC(COc1ccccc1)NN. The van der Waals surface area contributed by atoms with Crippen molar-refractivity contribution in [1.29, 1.82) is 0 Å². The molecule has 3 heteroatoms. The Morgan fingerprint density at radius 3 is 2.59 bits per heavy atom. The van der Waals surface area contributed by atoms with Crippen LogP contribution in [0.2, 0.25) is 0 Å². The summed E-state index contributed by atoms with van der Waals surface area (Å²) in [6.07, 6.45) is 6.13. The Bertz CT molecular complexity index is 277. The van der Waals surface area contributed by atoms with Crippen LogP contribution in [0.25, 0.3) is 0 Å². The maximum atomic E-state index is 5.67. The average molecular weight is 236 g/mol. The molecule has 1 aromatic carbocycles. The van der Waals surface area contributed by atoms with Gasteiger partial charge in [0.2, 0.25) is 0 Å². The van der Waals surface area contributed by atoms with Crippen molar-refractivity contribution < 1.29 is 4.74 Å². The predicted molar refractivity (Wildman–Crippen MR) is 71.8 cm³/mol. The summed E-state index contributed by atoms with van der Waals surface area (Å²) < 4.78 is 5.67. The average Bonchev–Trinajstić information content (AvgIpc) is 2.39. The summed E-state index contributed by atoms with van der Waals surface area (Å²) in [6.45, 7) is 2.85. The first-order valence-electron chi connectivity index (χ1n) is 6.50. The number of unbranched alkanes of at least 4 members (excludes halogenated alkanes) is 3. The number of para-hydroxylation sites is 1. The van der Waals surface area contributed by atoms with E-state index < -0.39 is 0 Å². The molecule has 0 aliphatic carbocycles. The van der Waals surface area contributed by atoms with Crippen molar-refractivity contribution in [2.24, 2.45) is 5.84 Å². The highest BCUT2D eigenvalue weighted by Gasteiger charge is 2.06. The Hall–Kier alpha value is -1.06. The van der Waals surface area contributed by atoms with E-state index in [9.17, 15) is 0 Å². The first kappa shape index (κ1) is 14.0. The van der Waals surface area contributed by atoms with E-state index in [1.165, 1.54) is 25.7 Å². The molecule has 0 saturated carbocycles. The standard InChI is InChI=1S/C14H24N2O/c1-2-3-4-6-9-13(16-15)12-17-14-10-7-5-8-11-14/h5,7-8,10-11,13,16H,2-4,6,9,12,15H2,1H3. The molecular formula is C14H24N2O. The van der Waals surface area contributed by atoms with E-state index in [1.54, 1.807) is 0 Å². The normalized spacial score (nSPS) is 12.4. The fraction of sp³-hybridized carbons (Fsp3) is 0.571. The minimum absolute atomic E-state index is 0.243. The van der Waals surface area contributed by atoms with Crippen LogP contribution in [0.5, 0.6) is 5.75 Å². The number of rotatable bonds is 9. The van der Waals surface area contributed by atoms with E-state index in [4.69, 9.17) is 10.6 Å². The number of hydrogen-bond acceptors (Lipinski definition) is 3. The van der Waals surface area contributed by atoms with Crippen LogP contribution < -0.4 is 16.0 Å². The quantitative estimate of drug-likeness (QED) is 0.394. The first-order valence-corrected chi connectivity index (χ1v) is 6.50. The monoisotopic (exact) mass is 236 g/mol. The van der Waals surface area contributed by atoms with Gasteiger partial charge in [0.1, 0.15) is 12.4 Å². The number of benzene rings is 1. The molecule has 1 unspecified atom stereocenters. The van der Waals surface area contributed by atoms with Crippen LogP contribution in [-0.4, -0.2) is 12.6 Å². The molecule has 0 amide bonds. The number of nitrogens with one attached hydrogen (secondary N) is 1. The third-order valence-electron chi connectivity index (χ3n) is 2.84. The second kappa shape index (κ2) is 9.02. The van der Waals surface area contributed by atoms with Crippen LogP contribution in [0, 0.1) is 0 Å². The molecular weight excluding hydrogens is 212 g/mol. The predicted octanol–water partition coefficient (Wildman–Crippen LogP) is 2.87. The molecule has 0 saturated heterocycles. The highest BCUT2D eigenvalue weighted by Crippen LogP contribution is 2.10. The third kappa shape index (κ3) is 6.29. The Balaban J connectivity index is 2.18. The summed E-state index contributed by atoms with van der Waals surface area (Å²) in [4.78, 5) is 0. The van der Waals surface area contributed by atoms with Crippen LogP contribution in [0.4, 0.5) is 0 Å². The van der Waals surface area contributed by atoms with Crippen molar-refractivity contribution in [3.05, 3.63) is 30.3 Å². The molecule has 1 atom stereocenters. The fourth-order valence-corrected chi connectivity index (χ4v) is 1.75. The largest absolute Gasteiger partial charge is 0.492 e. The first-order chi connectivity index (χ1) is 8.36. The summed E-state index contributed by atoms with van der Waals surface area (Å²) in [5.41, 5.74) is 2.82. The second-order valence-electron chi connectivity index (χ2n) is 4.34. The Labute approximate surface area is 104 Å². The summed E-state index contributed by atoms with van der Waals surface area (Å²) in [6, 6.07) is 10.1. The smallest absolute Gasteiger partial charge is 0.119 e. The molecule has 0 aliphatic rings. The van der Waals surface area contributed by atoms with Crippen molar-refractivity contribution in [3.63, 3.8) is 0 Å². The molecule has 0 radical (unpaired) electrons. The fourth-order valence-electron chi connectivity index (χ4n) is 1.75. The molecule has 3 nitrogen and oxygen atoms in total. The van der Waals surface area contributed by atoms with Crippen molar-refractivity contribution in [1.82, 2.24) is 5.43 Å². The van der Waals surface area contributed by atoms with Crippen LogP contribution in [0.15, 0.2) is 30.3 Å². The summed E-state index contributed by atoms with van der Waals surface area (Å²) in [7, 11) is 0. The van der Waals surface area contributed by atoms with E-state index in [2.05, 4.69) is 12.3 Å². The Morgan fingerprint density at radius 2 is 1.94 bits per heavy atom. The van der Waals surface area contributed by atoms with Gasteiger partial charge in [-0.2, -0.15) is 0 Å². The number of hydrogen-bond donors (Lipinski definition) is 2. The molecule has 1 rings (SSSR count). The van der Waals surface area contributed by atoms with Crippen molar-refractivity contribution in [2.45, 2.75) is 45.1 Å². The van der Waals surface area contributed by atoms with E-state index in [-0.39, 0.29) is 6.04 Å². The third-order valence-corrected chi connectivity index (χ3v) is 2.84. The summed E-state index contributed by atoms with van der Waals surface area (Å²) >= 11 is 0. The summed E-state index contributed by atoms with van der Waals surface area (Å²) in [5, 5.41) is 0. The van der Waals surface area contributed by atoms with Gasteiger partial charge in [-0.1, -0.05) is 50.8 Å². The molecule has 3 N–H and O–H groups in total. The molecule has 96 valence electrons. The lowest BCUT2D eigenvalue weighted by molar-refractivity contribution is 0.254. The van der Waals surface area contributed by atoms with Crippen molar-refractivity contribution in [2.75, 3.05) is 6.61 Å². The van der Waals surface area contributed by atoms with Gasteiger partial charge in [-0.3, -0.25) is 11.3 Å². The zero-order valence-electron chi connectivity index (χ0n) is 10.7. The number of nitrogens with two attached hydrogens (primary N) is 1. The highest BCUT2D eigenvalue weighted by molar-refractivity contribution is 5.20. The van der Waals surface area contributed by atoms with Gasteiger partial charge in [0.25, 0.3) is 0 Å². The van der Waals surface area contributed by atoms with E-state index in [1.807, 2.05) is 30.3 Å². The molecule has 1 aromatic rings. The minimum Gasteiger partial charge on any atom is -0.492 e. The molecule has 0 spiro atoms. The van der Waals surface area contributed by atoms with Gasteiger partial charge < -0.3 is 4.74 Å². The van der Waals surface area contributed by atoms with Gasteiger partial charge >= 0.3 is 0 Å². The van der Waals surface area contributed by atoms with Crippen LogP contribution in [0.1, 0.15) is 39.0 Å². The Kier molecular flexibility index (Phi) is 7.43. The zero-order valence-corrected chi connectivity index (χ0v) is 10.7. The molecule has 17 heavy (non-hydrogen) atoms. The molecule has 0 bridgehead atoms. The molecule has 0 aromatic heterocycles. The Morgan fingerprint density at radius 1 is 1.18 bits per heavy atom. The van der Waals surface area contributed by atoms with Gasteiger partial charge in [-0.25, -0.2) is 0 Å². The summed E-state index contributed by atoms with van der Waals surface area (Å²) in [5.74, 6) is 6.43. The van der Waals surface area contributed by atoms with Crippen LogP contribution in [-0.2, 0) is 0 Å². The number of ether oxygens (including phenoxy) is 1. The molecule has 0 heterocycles. The van der Waals surface area contributed by atoms with Gasteiger partial charge in [-0.15, -0.1) is 0 Å². The van der Waals surface area contributed by atoms with Gasteiger partial charge in [0, 0.05) is 0 Å². The second-order valence-corrected chi connectivity index (χ2v) is 4.34. The topological polar surface area (TPSA) is 47.3 Å². The van der Waals surface area contributed by atoms with E-state index in [0.29, 0.717) is 6.61 Å². The lowest BCUT2D eigenvalue weighted by Crippen LogP contribution is -2.39. The highest BCUT2D eigenvalue weighted by atomic mass is 16.5. The zero-order chi connectivity index (χ0) is 12.3. The van der Waals surface area contributed by atoms with Crippen molar-refractivity contribution >= 4 is 0 Å². The number of hydrazine groups is 1. The van der Waals surface area contributed by atoms with E-state index >= 15 is 0 Å². The van der Waals surface area contributed by atoms with Gasteiger partial charge in [0.15, 0.2) is 0 Å². The van der Waals surface area contributed by atoms with E-state index in [0.717, 1.165) is 12.2 Å². The maximum Gasteiger partial charge on any atom is 0.119 e. The van der Waals surface area contributed by atoms with Crippen LogP contribution >= 0.6 is 0 Å².